The van der Waals surface area contributed by atoms with Crippen molar-refractivity contribution < 1.29 is 28.6 Å². The van der Waals surface area contributed by atoms with E-state index >= 15 is 0 Å². The summed E-state index contributed by atoms with van der Waals surface area (Å²) in [5.41, 5.74) is 8.28. The summed E-state index contributed by atoms with van der Waals surface area (Å²) in [5.74, 6) is -0.160. The molecule has 0 spiro atoms. The fourth-order valence-corrected chi connectivity index (χ4v) is 7.68. The lowest BCUT2D eigenvalue weighted by Crippen LogP contribution is -2.58. The Morgan fingerprint density at radius 2 is 1.64 bits per heavy atom. The summed E-state index contributed by atoms with van der Waals surface area (Å²) >= 11 is 1.60. The molecule has 6 rings (SSSR count). The number of aromatic nitrogens is 2. The predicted molar refractivity (Wildman–Crippen MR) is 229 cm³/mol. The van der Waals surface area contributed by atoms with Gasteiger partial charge in [-0.3, -0.25) is 14.4 Å². The Bertz CT molecular complexity index is 2170. The minimum absolute atomic E-state index is 0.200. The molecule has 13 heteroatoms. The summed E-state index contributed by atoms with van der Waals surface area (Å²) in [6, 6.07) is 24.8. The van der Waals surface area contributed by atoms with Crippen LogP contribution in [-0.2, 0) is 30.4 Å². The van der Waals surface area contributed by atoms with Gasteiger partial charge in [0.2, 0.25) is 17.7 Å². The summed E-state index contributed by atoms with van der Waals surface area (Å²) < 4.78 is 17.1. The zero-order valence-electron chi connectivity index (χ0n) is 34.2. The molecule has 1 unspecified atom stereocenters. The third kappa shape index (κ3) is 11.0. The highest BCUT2D eigenvalue weighted by atomic mass is 32.1. The van der Waals surface area contributed by atoms with Crippen molar-refractivity contribution in [2.24, 2.45) is 5.41 Å². The number of nitrogens with zero attached hydrogens (tertiary/aromatic N) is 4. The fraction of sp³-hybridized carbons (Fsp3) is 0.400. The second kappa shape index (κ2) is 19.4. The number of amides is 3. The first-order valence-corrected chi connectivity index (χ1v) is 20.6. The number of rotatable bonds is 17. The van der Waals surface area contributed by atoms with Gasteiger partial charge in [-0.2, -0.15) is 0 Å². The number of carbonyl (C=O) groups is 3. The minimum Gasteiger partial charge on any atom is -0.491 e. The van der Waals surface area contributed by atoms with Crippen molar-refractivity contribution in [2.75, 3.05) is 58.6 Å². The van der Waals surface area contributed by atoms with Gasteiger partial charge in [-0.05, 0) is 72.7 Å². The first-order chi connectivity index (χ1) is 27.9. The maximum atomic E-state index is 13.9. The molecule has 1 saturated heterocycles. The van der Waals surface area contributed by atoms with Gasteiger partial charge in [-0.25, -0.2) is 9.97 Å². The number of likely N-dealkylation sites (tertiary alicyclic amines) is 1. The highest BCUT2D eigenvalue weighted by molar-refractivity contribution is 7.13. The number of thiazole rings is 1. The molecule has 2 N–H and O–H groups in total. The third-order valence-electron chi connectivity index (χ3n) is 10.1. The molecule has 1 aliphatic heterocycles. The smallest absolute Gasteiger partial charge is 0.246 e. The largest absolute Gasteiger partial charge is 0.491 e. The van der Waals surface area contributed by atoms with E-state index in [2.05, 4.69) is 44.8 Å². The molecule has 0 saturated carbocycles. The average Bonchev–Trinajstić information content (AvgIpc) is 3.89. The lowest BCUT2D eigenvalue weighted by Gasteiger charge is -2.35. The molecule has 1 fully saturated rings. The lowest BCUT2D eigenvalue weighted by atomic mass is 9.85. The van der Waals surface area contributed by atoms with Crippen LogP contribution in [0.5, 0.6) is 5.75 Å². The Balaban J connectivity index is 0.891. The zero-order chi connectivity index (χ0) is 41.2. The standard InChI is InChI=1S/C45H54N6O6S/c1-30-41(58-29-47-30)33-11-9-31(10-12-33)27-46-43(53)39-8-7-21-51(39)44(54)42(45(2,3)4)49-40(52)28-56-23-22-55-24-25-57-36-18-20-38-34(26-36)15-19-37(48-38)32-13-16-35(17-14-32)50(5)6/h9-20,26,29,39,42H,7-8,21-25,27-28H2,1-6H3,(H,46,53)(H,49,52)/t39-,42?/m0/s1. The Morgan fingerprint density at radius 3 is 2.34 bits per heavy atom. The number of hydrogen-bond donors (Lipinski definition) is 2. The van der Waals surface area contributed by atoms with E-state index in [1.54, 1.807) is 16.2 Å². The molecule has 5 aromatic rings. The molecule has 306 valence electrons. The van der Waals surface area contributed by atoms with Crippen molar-refractivity contribution in [1.82, 2.24) is 25.5 Å². The Kier molecular flexibility index (Phi) is 14.1. The van der Waals surface area contributed by atoms with Crippen LogP contribution in [0.3, 0.4) is 0 Å². The second-order valence-corrected chi connectivity index (χ2v) is 16.6. The highest BCUT2D eigenvalue weighted by Gasteiger charge is 2.41. The van der Waals surface area contributed by atoms with E-state index in [4.69, 9.17) is 19.2 Å². The average molecular weight is 807 g/mol. The molecule has 0 bridgehead atoms. The number of nitrogens with one attached hydrogen (secondary N) is 2. The molecule has 3 amide bonds. The highest BCUT2D eigenvalue weighted by Crippen LogP contribution is 2.29. The summed E-state index contributed by atoms with van der Waals surface area (Å²) in [6.45, 7) is 9.42. The van der Waals surface area contributed by atoms with E-state index in [-0.39, 0.29) is 31.6 Å². The molecule has 2 aromatic heterocycles. The Labute approximate surface area is 344 Å². The van der Waals surface area contributed by atoms with E-state index in [9.17, 15) is 14.4 Å². The molecule has 0 aliphatic carbocycles. The van der Waals surface area contributed by atoms with Crippen LogP contribution in [0.1, 0.15) is 44.9 Å². The quantitative estimate of drug-likeness (QED) is 0.0991. The zero-order valence-corrected chi connectivity index (χ0v) is 35.1. The van der Waals surface area contributed by atoms with E-state index in [0.717, 1.165) is 55.3 Å². The molecule has 1 aliphatic rings. The van der Waals surface area contributed by atoms with Crippen molar-refractivity contribution >= 4 is 45.6 Å². The van der Waals surface area contributed by atoms with Crippen LogP contribution in [0.25, 0.3) is 32.6 Å². The van der Waals surface area contributed by atoms with Gasteiger partial charge in [-0.15, -0.1) is 11.3 Å². The van der Waals surface area contributed by atoms with E-state index in [1.807, 2.05) is 102 Å². The van der Waals surface area contributed by atoms with Crippen molar-refractivity contribution in [2.45, 2.75) is 59.2 Å². The molecule has 58 heavy (non-hydrogen) atoms. The first kappa shape index (κ1) is 42.2. The number of aryl methyl sites for hydroxylation is 1. The number of ether oxygens (including phenoxy) is 3. The Hall–Kier alpha value is -5.37. The van der Waals surface area contributed by atoms with Crippen LogP contribution in [0, 0.1) is 12.3 Å². The van der Waals surface area contributed by atoms with Gasteiger partial charge in [0.1, 0.15) is 31.0 Å². The van der Waals surface area contributed by atoms with Gasteiger partial charge >= 0.3 is 0 Å². The van der Waals surface area contributed by atoms with Gasteiger partial charge in [0, 0.05) is 43.8 Å². The summed E-state index contributed by atoms with van der Waals surface area (Å²) in [5, 5.41) is 6.87. The minimum atomic E-state index is -0.832. The molecular formula is C45H54N6O6S. The van der Waals surface area contributed by atoms with Crippen LogP contribution >= 0.6 is 11.3 Å². The predicted octanol–water partition coefficient (Wildman–Crippen LogP) is 6.65. The maximum Gasteiger partial charge on any atom is 0.246 e. The topological polar surface area (TPSA) is 135 Å². The van der Waals surface area contributed by atoms with Crippen LogP contribution in [0.4, 0.5) is 5.69 Å². The number of benzene rings is 3. The molecule has 2 atom stereocenters. The summed E-state index contributed by atoms with van der Waals surface area (Å²) in [4.78, 5) is 54.1. The third-order valence-corrected chi connectivity index (χ3v) is 11.1. The fourth-order valence-electron chi connectivity index (χ4n) is 6.87. The molecule has 3 heterocycles. The summed E-state index contributed by atoms with van der Waals surface area (Å²) in [6.07, 6.45) is 1.27. The number of hydrogen-bond acceptors (Lipinski definition) is 10. The van der Waals surface area contributed by atoms with Gasteiger partial charge in [0.15, 0.2) is 0 Å². The number of anilines is 1. The first-order valence-electron chi connectivity index (χ1n) is 19.7. The molecule has 3 aromatic carbocycles. The van der Waals surface area contributed by atoms with E-state index in [1.165, 1.54) is 0 Å². The Morgan fingerprint density at radius 1 is 0.914 bits per heavy atom. The van der Waals surface area contributed by atoms with E-state index < -0.39 is 23.4 Å². The lowest BCUT2D eigenvalue weighted by molar-refractivity contribution is -0.144. The molecule has 0 radical (unpaired) electrons. The monoisotopic (exact) mass is 806 g/mol. The second-order valence-electron chi connectivity index (χ2n) is 15.7. The normalized spacial score (nSPS) is 14.7. The number of pyridine rings is 1. The number of carbonyl (C=O) groups excluding carboxylic acids is 3. The molecule has 12 nitrogen and oxygen atoms in total. The van der Waals surface area contributed by atoms with Gasteiger partial charge in [0.05, 0.1) is 47.1 Å². The number of fused-ring (bicyclic) bond motifs is 1. The molecular weight excluding hydrogens is 753 g/mol. The van der Waals surface area contributed by atoms with E-state index in [0.29, 0.717) is 39.1 Å². The maximum absolute atomic E-state index is 13.9. The van der Waals surface area contributed by atoms with Crippen molar-refractivity contribution in [3.63, 3.8) is 0 Å². The van der Waals surface area contributed by atoms with Crippen molar-refractivity contribution in [3.8, 4) is 27.4 Å². The van der Waals surface area contributed by atoms with Crippen LogP contribution < -0.4 is 20.3 Å². The van der Waals surface area contributed by atoms with Gasteiger partial charge < -0.3 is 34.6 Å². The summed E-state index contributed by atoms with van der Waals surface area (Å²) in [7, 11) is 4.04. The van der Waals surface area contributed by atoms with Crippen LogP contribution in [0.15, 0.2) is 84.4 Å². The van der Waals surface area contributed by atoms with Crippen LogP contribution in [-0.4, -0.2) is 98.3 Å². The van der Waals surface area contributed by atoms with Gasteiger partial charge in [0.25, 0.3) is 0 Å². The SMILES string of the molecule is Cc1ncsc1-c1ccc(CNC(=O)[C@@H]2CCCN2C(=O)C(NC(=O)COCCOCCOc2ccc3nc(-c4ccc(N(C)C)cc4)ccc3c2)C(C)(C)C)cc1. The van der Waals surface area contributed by atoms with Crippen LogP contribution in [0.2, 0.25) is 0 Å². The van der Waals surface area contributed by atoms with Crippen molar-refractivity contribution in [3.05, 3.63) is 95.6 Å². The van der Waals surface area contributed by atoms with Gasteiger partial charge in [-0.1, -0.05) is 63.2 Å². The van der Waals surface area contributed by atoms with Crippen molar-refractivity contribution in [1.29, 1.82) is 0 Å².